The Bertz CT molecular complexity index is 340. The number of anilines is 1. The second-order valence-corrected chi connectivity index (χ2v) is 4.51. The zero-order valence-corrected chi connectivity index (χ0v) is 10.1. The number of pyridine rings is 1. The normalized spacial score (nSPS) is 24.4. The van der Waals surface area contributed by atoms with Crippen molar-refractivity contribution in [2.45, 2.75) is 38.6 Å². The van der Waals surface area contributed by atoms with Crippen LogP contribution < -0.4 is 10.1 Å². The molecule has 1 saturated carbocycles. The molecule has 3 nitrogen and oxygen atoms in total. The van der Waals surface area contributed by atoms with E-state index >= 15 is 0 Å². The van der Waals surface area contributed by atoms with E-state index in [1.165, 1.54) is 25.7 Å². The zero-order chi connectivity index (χ0) is 11.4. The number of hydrogen-bond acceptors (Lipinski definition) is 3. The molecule has 2 unspecified atom stereocenters. The van der Waals surface area contributed by atoms with Gasteiger partial charge in [0.05, 0.1) is 7.11 Å². The lowest BCUT2D eigenvalue weighted by Crippen LogP contribution is -2.16. The maximum Gasteiger partial charge on any atom is 0.129 e. The van der Waals surface area contributed by atoms with Crippen molar-refractivity contribution in [2.75, 3.05) is 12.4 Å². The largest absolute Gasteiger partial charge is 0.497 e. The lowest BCUT2D eigenvalue weighted by atomic mass is 10.1. The third kappa shape index (κ3) is 2.65. The first kappa shape index (κ1) is 11.2. The van der Waals surface area contributed by atoms with E-state index in [2.05, 4.69) is 17.2 Å². The molecule has 0 aromatic carbocycles. The van der Waals surface area contributed by atoms with Crippen molar-refractivity contribution < 1.29 is 4.74 Å². The Morgan fingerprint density at radius 3 is 3.06 bits per heavy atom. The molecule has 1 heterocycles. The predicted molar refractivity (Wildman–Crippen MR) is 65.8 cm³/mol. The molecule has 0 amide bonds. The molecule has 16 heavy (non-hydrogen) atoms. The number of nitrogens with one attached hydrogen (secondary N) is 1. The first-order chi connectivity index (χ1) is 7.81. The molecule has 1 aliphatic carbocycles. The van der Waals surface area contributed by atoms with Crippen LogP contribution in [0.3, 0.4) is 0 Å². The van der Waals surface area contributed by atoms with Gasteiger partial charge in [-0.2, -0.15) is 0 Å². The van der Waals surface area contributed by atoms with Crippen LogP contribution >= 0.6 is 0 Å². The maximum atomic E-state index is 5.18. The lowest BCUT2D eigenvalue weighted by molar-refractivity contribution is 0.414. The number of nitrogens with zero attached hydrogens (tertiary/aromatic N) is 1. The quantitative estimate of drug-likeness (QED) is 0.846. The molecule has 1 aliphatic rings. The van der Waals surface area contributed by atoms with Crippen LogP contribution in [0.1, 0.15) is 32.6 Å². The predicted octanol–water partition coefficient (Wildman–Crippen LogP) is 3.08. The highest BCUT2D eigenvalue weighted by Crippen LogP contribution is 2.30. The van der Waals surface area contributed by atoms with Crippen molar-refractivity contribution in [1.29, 1.82) is 0 Å². The SMILES string of the molecule is CCC1CCC(Nc2cc(OC)ccn2)C1. The van der Waals surface area contributed by atoms with E-state index in [4.69, 9.17) is 4.74 Å². The summed E-state index contributed by atoms with van der Waals surface area (Å²) in [6.45, 7) is 2.27. The minimum Gasteiger partial charge on any atom is -0.497 e. The molecular formula is C13H20N2O. The zero-order valence-electron chi connectivity index (χ0n) is 10.1. The van der Waals surface area contributed by atoms with E-state index in [9.17, 15) is 0 Å². The third-order valence-corrected chi connectivity index (χ3v) is 3.44. The molecule has 1 aromatic heterocycles. The minimum absolute atomic E-state index is 0.588. The van der Waals surface area contributed by atoms with Gasteiger partial charge in [-0.3, -0.25) is 0 Å². The fourth-order valence-corrected chi connectivity index (χ4v) is 2.40. The van der Waals surface area contributed by atoms with E-state index in [0.717, 1.165) is 17.5 Å². The van der Waals surface area contributed by atoms with Crippen molar-refractivity contribution >= 4 is 5.82 Å². The van der Waals surface area contributed by atoms with E-state index in [1.807, 2.05) is 12.1 Å². The molecule has 1 fully saturated rings. The molecule has 0 spiro atoms. The summed E-state index contributed by atoms with van der Waals surface area (Å²) in [5.74, 6) is 2.69. The fourth-order valence-electron chi connectivity index (χ4n) is 2.40. The van der Waals surface area contributed by atoms with Gasteiger partial charge >= 0.3 is 0 Å². The van der Waals surface area contributed by atoms with Gasteiger partial charge in [0.25, 0.3) is 0 Å². The van der Waals surface area contributed by atoms with E-state index in [-0.39, 0.29) is 0 Å². The number of aromatic nitrogens is 1. The maximum absolute atomic E-state index is 5.18. The van der Waals surface area contributed by atoms with E-state index in [0.29, 0.717) is 6.04 Å². The molecular weight excluding hydrogens is 200 g/mol. The topological polar surface area (TPSA) is 34.1 Å². The van der Waals surface area contributed by atoms with Crippen LogP contribution in [0, 0.1) is 5.92 Å². The summed E-state index contributed by atoms with van der Waals surface area (Å²) in [6, 6.07) is 4.41. The van der Waals surface area contributed by atoms with Gasteiger partial charge in [-0.1, -0.05) is 13.3 Å². The van der Waals surface area contributed by atoms with Crippen molar-refractivity contribution in [3.05, 3.63) is 18.3 Å². The van der Waals surface area contributed by atoms with E-state index < -0.39 is 0 Å². The Balaban J connectivity index is 1.94. The molecule has 0 aliphatic heterocycles. The summed E-state index contributed by atoms with van der Waals surface area (Å²) in [4.78, 5) is 4.31. The second-order valence-electron chi connectivity index (χ2n) is 4.51. The molecule has 2 atom stereocenters. The fraction of sp³-hybridized carbons (Fsp3) is 0.615. The second kappa shape index (κ2) is 5.19. The molecule has 88 valence electrons. The molecule has 2 rings (SSSR count). The molecule has 3 heteroatoms. The number of hydrogen-bond donors (Lipinski definition) is 1. The van der Waals surface area contributed by atoms with Gasteiger partial charge in [-0.05, 0) is 31.2 Å². The van der Waals surface area contributed by atoms with Crippen LogP contribution in [0.4, 0.5) is 5.82 Å². The van der Waals surface area contributed by atoms with Crippen molar-refractivity contribution in [2.24, 2.45) is 5.92 Å². The van der Waals surface area contributed by atoms with Crippen molar-refractivity contribution in [3.63, 3.8) is 0 Å². The van der Waals surface area contributed by atoms with Gasteiger partial charge in [-0.25, -0.2) is 4.98 Å². The smallest absolute Gasteiger partial charge is 0.129 e. The van der Waals surface area contributed by atoms with Crippen molar-refractivity contribution in [3.8, 4) is 5.75 Å². The molecule has 0 saturated heterocycles. The lowest BCUT2D eigenvalue weighted by Gasteiger charge is -2.13. The highest BCUT2D eigenvalue weighted by Gasteiger charge is 2.23. The van der Waals surface area contributed by atoms with Gasteiger partial charge in [0.1, 0.15) is 11.6 Å². The molecule has 1 aromatic rings. The Morgan fingerprint density at radius 1 is 1.50 bits per heavy atom. The first-order valence-electron chi connectivity index (χ1n) is 6.08. The van der Waals surface area contributed by atoms with Crippen LogP contribution in [0.2, 0.25) is 0 Å². The van der Waals surface area contributed by atoms with Crippen LogP contribution in [-0.2, 0) is 0 Å². The molecule has 0 bridgehead atoms. The summed E-state index contributed by atoms with van der Waals surface area (Å²) in [5.41, 5.74) is 0. The van der Waals surface area contributed by atoms with Gasteiger partial charge in [0.15, 0.2) is 0 Å². The van der Waals surface area contributed by atoms with Crippen molar-refractivity contribution in [1.82, 2.24) is 4.98 Å². The molecule has 0 radical (unpaired) electrons. The highest BCUT2D eigenvalue weighted by molar-refractivity contribution is 5.41. The average Bonchev–Trinajstić information content (AvgIpc) is 2.77. The summed E-state index contributed by atoms with van der Waals surface area (Å²) in [7, 11) is 1.68. The van der Waals surface area contributed by atoms with Gasteiger partial charge < -0.3 is 10.1 Å². The van der Waals surface area contributed by atoms with Gasteiger partial charge in [-0.15, -0.1) is 0 Å². The van der Waals surface area contributed by atoms with Gasteiger partial charge in [0, 0.05) is 18.3 Å². The van der Waals surface area contributed by atoms with E-state index in [1.54, 1.807) is 13.3 Å². The van der Waals surface area contributed by atoms with Gasteiger partial charge in [0.2, 0.25) is 0 Å². The summed E-state index contributed by atoms with van der Waals surface area (Å²) < 4.78 is 5.18. The standard InChI is InChI=1S/C13H20N2O/c1-3-10-4-5-11(8-10)15-13-9-12(16-2)6-7-14-13/h6-7,9-11H,3-5,8H2,1-2H3,(H,14,15). The first-order valence-corrected chi connectivity index (χ1v) is 6.08. The Morgan fingerprint density at radius 2 is 2.38 bits per heavy atom. The summed E-state index contributed by atoms with van der Waals surface area (Å²) in [5, 5.41) is 3.49. The summed E-state index contributed by atoms with van der Waals surface area (Å²) >= 11 is 0. The Hall–Kier alpha value is -1.25. The van der Waals surface area contributed by atoms with Crippen LogP contribution in [0.5, 0.6) is 5.75 Å². The highest BCUT2D eigenvalue weighted by atomic mass is 16.5. The molecule has 1 N–H and O–H groups in total. The Kier molecular flexibility index (Phi) is 3.65. The number of ether oxygens (including phenoxy) is 1. The number of rotatable bonds is 4. The van der Waals surface area contributed by atoms with Crippen LogP contribution in [-0.4, -0.2) is 18.1 Å². The monoisotopic (exact) mass is 220 g/mol. The average molecular weight is 220 g/mol. The minimum atomic E-state index is 0.588. The third-order valence-electron chi connectivity index (χ3n) is 3.44. The van der Waals surface area contributed by atoms with Crippen LogP contribution in [0.15, 0.2) is 18.3 Å². The summed E-state index contributed by atoms with van der Waals surface area (Å²) in [6.07, 6.45) is 6.96. The number of methoxy groups -OCH3 is 1. The Labute approximate surface area is 97.2 Å². The van der Waals surface area contributed by atoms with Crippen LogP contribution in [0.25, 0.3) is 0 Å².